The van der Waals surface area contributed by atoms with Crippen LogP contribution in [0.15, 0.2) is 0 Å². The Morgan fingerprint density at radius 3 is 1.12 bits per heavy atom. The van der Waals surface area contributed by atoms with Crippen molar-refractivity contribution in [1.82, 2.24) is 0 Å². The van der Waals surface area contributed by atoms with Crippen molar-refractivity contribution in [2.75, 3.05) is 0 Å². The third-order valence-electron chi connectivity index (χ3n) is 2.23. The molecule has 0 unspecified atom stereocenters. The van der Waals surface area contributed by atoms with Gasteiger partial charge in [-0.25, -0.2) is 10.7 Å². The Labute approximate surface area is 142 Å². The van der Waals surface area contributed by atoms with Crippen LogP contribution < -0.4 is 0 Å². The lowest BCUT2D eigenvalue weighted by atomic mass is 9.97. The van der Waals surface area contributed by atoms with Gasteiger partial charge in [0.2, 0.25) is 0 Å². The molecule has 1 aliphatic carbocycles. The van der Waals surface area contributed by atoms with Crippen molar-refractivity contribution < 1.29 is 0 Å². The second-order valence-corrected chi connectivity index (χ2v) is 16.8. The predicted octanol–water partition coefficient (Wildman–Crippen LogP) is 3.17. The standard InChI is InChI=1S/C6H6Cl6.C2H10SSi2/c7-1-2(8)4(10)6(12)5(11)3(1)9;1-2-5-3-4/h1-6H;2,5H2,1,4H3. The van der Waals surface area contributed by atoms with Gasteiger partial charge in [0.15, 0.2) is 0 Å². The second kappa shape index (κ2) is 10.3. The topological polar surface area (TPSA) is 0 Å². The zero-order valence-electron chi connectivity index (χ0n) is 9.55. The summed E-state index contributed by atoms with van der Waals surface area (Å²) in [6.07, 6.45) is 0. The van der Waals surface area contributed by atoms with E-state index in [1.807, 2.05) is 0 Å². The molecule has 0 bridgehead atoms. The fraction of sp³-hybridized carbons (Fsp3) is 1.00. The maximum absolute atomic E-state index is 5.88. The van der Waals surface area contributed by atoms with Crippen LogP contribution in [0.3, 0.4) is 0 Å². The van der Waals surface area contributed by atoms with E-state index < -0.39 is 32.3 Å². The monoisotopic (exact) mass is 410 g/mol. The van der Waals surface area contributed by atoms with Crippen molar-refractivity contribution >= 4 is 98.3 Å². The van der Waals surface area contributed by atoms with E-state index in [4.69, 9.17) is 69.6 Å². The van der Waals surface area contributed by atoms with Gasteiger partial charge in [0.25, 0.3) is 0 Å². The molecule has 0 N–H and O–H groups in total. The number of hydrogen-bond donors (Lipinski definition) is 0. The lowest BCUT2D eigenvalue weighted by molar-refractivity contribution is 0.544. The molecule has 0 atom stereocenters. The number of rotatable bonds is 2. The molecular formula is C8H16Cl6SSi2. The fourth-order valence-electron chi connectivity index (χ4n) is 1.26. The zero-order chi connectivity index (χ0) is 13.6. The number of alkyl halides is 6. The average Bonchev–Trinajstić information content (AvgIpc) is 2.33. The normalized spacial score (nSPS) is 42.5. The van der Waals surface area contributed by atoms with Crippen LogP contribution in [-0.2, 0) is 0 Å². The van der Waals surface area contributed by atoms with E-state index in [0.29, 0.717) is 8.67 Å². The van der Waals surface area contributed by atoms with Gasteiger partial charge in [-0.2, -0.15) is 0 Å². The summed E-state index contributed by atoms with van der Waals surface area (Å²) in [6.45, 7) is 2.27. The van der Waals surface area contributed by atoms with E-state index >= 15 is 0 Å². The van der Waals surface area contributed by atoms with Gasteiger partial charge in [0, 0.05) is 0 Å². The smallest absolute Gasteiger partial charge is 0.0765 e. The van der Waals surface area contributed by atoms with E-state index in [1.165, 1.54) is 15.4 Å². The predicted molar refractivity (Wildman–Crippen MR) is 94.4 cm³/mol. The van der Waals surface area contributed by atoms with E-state index in [-0.39, 0.29) is 0 Å². The third kappa shape index (κ3) is 6.22. The molecule has 0 amide bonds. The molecule has 0 aromatic rings. The maximum Gasteiger partial charge on any atom is 0.0765 e. The van der Waals surface area contributed by atoms with E-state index in [9.17, 15) is 0 Å². The highest BCUT2D eigenvalue weighted by Crippen LogP contribution is 2.39. The first kappa shape index (κ1) is 19.5. The van der Waals surface area contributed by atoms with Crippen molar-refractivity contribution in [3.8, 4) is 0 Å². The molecule has 0 radical (unpaired) electrons. The van der Waals surface area contributed by atoms with Gasteiger partial charge in [-0.1, -0.05) is 13.0 Å². The highest BCUT2D eigenvalue weighted by Gasteiger charge is 2.46. The van der Waals surface area contributed by atoms with Crippen molar-refractivity contribution in [2.45, 2.75) is 45.2 Å². The highest BCUT2D eigenvalue weighted by atomic mass is 35.5. The lowest BCUT2D eigenvalue weighted by Crippen LogP contribution is -2.52. The van der Waals surface area contributed by atoms with Crippen LogP contribution >= 0.6 is 80.3 Å². The molecule has 104 valence electrons. The minimum absolute atomic E-state index is 0.410. The Morgan fingerprint density at radius 2 is 1.06 bits per heavy atom. The third-order valence-corrected chi connectivity index (χ3v) is 13.2. The zero-order valence-corrected chi connectivity index (χ0v) is 18.3. The Kier molecular flexibility index (Phi) is 11.8. The van der Waals surface area contributed by atoms with E-state index in [2.05, 4.69) is 17.6 Å². The summed E-state index contributed by atoms with van der Waals surface area (Å²) >= 11 is 35.3. The fourth-order valence-corrected chi connectivity index (χ4v) is 8.89. The highest BCUT2D eigenvalue weighted by molar-refractivity contribution is 8.38. The minimum Gasteiger partial charge on any atom is -0.225 e. The van der Waals surface area contributed by atoms with Crippen LogP contribution in [0.2, 0.25) is 6.04 Å². The molecule has 0 saturated heterocycles. The van der Waals surface area contributed by atoms with Gasteiger partial charge in [0.05, 0.1) is 50.3 Å². The van der Waals surface area contributed by atoms with Gasteiger partial charge in [-0.15, -0.1) is 69.6 Å². The second-order valence-electron chi connectivity index (χ2n) is 3.66. The summed E-state index contributed by atoms with van der Waals surface area (Å²) in [5.41, 5.74) is 0. The summed E-state index contributed by atoms with van der Waals surface area (Å²) in [5.74, 6) is 0. The first-order valence-corrected chi connectivity index (χ1v) is 14.4. The molecule has 0 aliphatic heterocycles. The molecule has 1 saturated carbocycles. The summed E-state index contributed by atoms with van der Waals surface area (Å²) in [7, 11) is 3.97. The number of halogens is 6. The van der Waals surface area contributed by atoms with Crippen LogP contribution in [-0.4, -0.2) is 50.3 Å². The summed E-state index contributed by atoms with van der Waals surface area (Å²) < 4.78 is 0. The Bertz CT molecular complexity index is 152. The van der Waals surface area contributed by atoms with Gasteiger partial charge >= 0.3 is 0 Å². The average molecular weight is 413 g/mol. The molecule has 17 heavy (non-hydrogen) atoms. The molecule has 0 heterocycles. The molecular weight excluding hydrogens is 397 g/mol. The summed E-state index contributed by atoms with van der Waals surface area (Å²) in [4.78, 5) is 0. The molecule has 1 aliphatic rings. The summed E-state index contributed by atoms with van der Waals surface area (Å²) in [6, 6.07) is 1.48. The van der Waals surface area contributed by atoms with Gasteiger partial charge < -0.3 is 0 Å². The SMILES string of the molecule is CC[SiH2]S[SiH3].ClC1C(Cl)C(Cl)C(Cl)C(Cl)C1Cl. The van der Waals surface area contributed by atoms with Gasteiger partial charge in [0.1, 0.15) is 0 Å². The Balaban J connectivity index is 0.000000437. The molecule has 9 heteroatoms. The molecule has 0 aromatic carbocycles. The van der Waals surface area contributed by atoms with Gasteiger partial charge in [-0.3, -0.25) is 0 Å². The van der Waals surface area contributed by atoms with Crippen molar-refractivity contribution in [3.05, 3.63) is 0 Å². The van der Waals surface area contributed by atoms with Crippen LogP contribution in [0.5, 0.6) is 0 Å². The summed E-state index contributed by atoms with van der Waals surface area (Å²) in [5, 5.41) is -2.62. The molecule has 0 aromatic heterocycles. The lowest BCUT2D eigenvalue weighted by Gasteiger charge is -2.37. The molecule has 0 spiro atoms. The Hall–Kier alpha value is 2.52. The van der Waals surface area contributed by atoms with Crippen molar-refractivity contribution in [3.63, 3.8) is 0 Å². The van der Waals surface area contributed by atoms with E-state index in [0.717, 1.165) is 0 Å². The van der Waals surface area contributed by atoms with E-state index in [1.54, 1.807) is 0 Å². The number of hydrogen-bond acceptors (Lipinski definition) is 1. The van der Waals surface area contributed by atoms with Crippen LogP contribution in [0.25, 0.3) is 0 Å². The largest absolute Gasteiger partial charge is 0.225 e. The molecule has 1 rings (SSSR count). The molecule has 1 fully saturated rings. The van der Waals surface area contributed by atoms with Crippen molar-refractivity contribution in [1.29, 1.82) is 0 Å². The first-order valence-electron chi connectivity index (χ1n) is 5.21. The quantitative estimate of drug-likeness (QED) is 0.495. The van der Waals surface area contributed by atoms with Crippen LogP contribution in [0.1, 0.15) is 6.92 Å². The molecule has 0 nitrogen and oxygen atoms in total. The van der Waals surface area contributed by atoms with Crippen molar-refractivity contribution in [2.24, 2.45) is 0 Å². The first-order chi connectivity index (χ1) is 7.88. The Morgan fingerprint density at radius 1 is 0.824 bits per heavy atom. The minimum atomic E-state index is -0.437. The van der Waals surface area contributed by atoms with Gasteiger partial charge in [-0.05, 0) is 0 Å². The van der Waals surface area contributed by atoms with Crippen LogP contribution in [0, 0.1) is 0 Å². The van der Waals surface area contributed by atoms with Crippen LogP contribution in [0.4, 0.5) is 0 Å². The maximum atomic E-state index is 5.88.